The molecule has 1 heterocycles. The summed E-state index contributed by atoms with van der Waals surface area (Å²) >= 11 is 0. The molecule has 0 aliphatic carbocycles. The summed E-state index contributed by atoms with van der Waals surface area (Å²) in [6.07, 6.45) is -0.946. The van der Waals surface area contributed by atoms with Crippen LogP contribution in [-0.4, -0.2) is 73.1 Å². The van der Waals surface area contributed by atoms with E-state index in [2.05, 4.69) is 0 Å². The number of hydrogen-bond acceptors (Lipinski definition) is 8. The second-order valence-electron chi connectivity index (χ2n) is 10.8. The van der Waals surface area contributed by atoms with Crippen LogP contribution in [-0.2, 0) is 36.1 Å². The molecule has 3 atom stereocenters. The summed E-state index contributed by atoms with van der Waals surface area (Å²) in [6, 6.07) is 18.1. The van der Waals surface area contributed by atoms with Crippen molar-refractivity contribution in [2.75, 3.05) is 4.90 Å². The van der Waals surface area contributed by atoms with Gasteiger partial charge in [-0.05, 0) is 37.1 Å². The van der Waals surface area contributed by atoms with Crippen LogP contribution in [0.1, 0.15) is 37.0 Å². The molecule has 238 valence electrons. The van der Waals surface area contributed by atoms with E-state index >= 15 is 0 Å². The van der Waals surface area contributed by atoms with Crippen LogP contribution >= 0.6 is 0 Å². The van der Waals surface area contributed by atoms with E-state index in [0.29, 0.717) is 16.0 Å². The Morgan fingerprint density at radius 3 is 1.96 bits per heavy atom. The van der Waals surface area contributed by atoms with Gasteiger partial charge in [-0.15, -0.1) is 0 Å². The second kappa shape index (κ2) is 12.6. The molecule has 0 aromatic heterocycles. The molecule has 0 unspecified atom stereocenters. The second-order valence-corrected chi connectivity index (χ2v) is 10.8. The molecule has 1 fully saturated rings. The number of aliphatic carboxylic acids is 2. The average molecular weight is 629 g/mol. The molecular weight excluding hydrogens is 596 g/mol. The number of nitrogens with one attached hydrogen (secondary N) is 1. The van der Waals surface area contributed by atoms with Crippen molar-refractivity contribution in [1.29, 1.82) is 5.41 Å². The fourth-order valence-electron chi connectivity index (χ4n) is 5.51. The van der Waals surface area contributed by atoms with E-state index in [1.165, 1.54) is 61.5 Å². The van der Waals surface area contributed by atoms with Gasteiger partial charge in [0.1, 0.15) is 11.4 Å². The highest BCUT2D eigenvalue weighted by atomic mass is 16.4. The highest BCUT2D eigenvalue weighted by Crippen LogP contribution is 2.44. The zero-order chi connectivity index (χ0) is 34.0. The molecule has 14 nitrogen and oxygen atoms in total. The third-order valence-corrected chi connectivity index (χ3v) is 7.91. The number of nitrogens with two attached hydrogens (primary N) is 2. The van der Waals surface area contributed by atoms with Crippen molar-refractivity contribution in [2.45, 2.75) is 44.1 Å². The Balaban J connectivity index is 2.03. The van der Waals surface area contributed by atoms with Gasteiger partial charge in [-0.1, -0.05) is 72.8 Å². The molecule has 0 bridgehead atoms. The van der Waals surface area contributed by atoms with Crippen molar-refractivity contribution in [2.24, 2.45) is 11.5 Å². The SMILES string of the molecule is CC(=O)[C@@](C(=O)O)(N1C(=O)N(Cc2ccccc2)[C@](C)(c2ccc(C(=N)N)cc2)C1=O)N(C(=O)[C@@H](N)CC(=O)O)c1ccccc1. The van der Waals surface area contributed by atoms with Crippen molar-refractivity contribution < 1.29 is 39.0 Å². The average Bonchev–Trinajstić information content (AvgIpc) is 3.20. The number of imide groups is 1. The number of benzene rings is 3. The zero-order valence-corrected chi connectivity index (χ0v) is 24.9. The van der Waals surface area contributed by atoms with Gasteiger partial charge in [-0.2, -0.15) is 0 Å². The number of carbonyl (C=O) groups is 6. The maximum absolute atomic E-state index is 14.7. The van der Waals surface area contributed by atoms with Gasteiger partial charge in [0.05, 0.1) is 12.5 Å². The minimum absolute atomic E-state index is 0.192. The number of rotatable bonds is 12. The molecule has 4 amide bonds. The summed E-state index contributed by atoms with van der Waals surface area (Å²) in [5.74, 6) is -7.61. The maximum atomic E-state index is 14.7. The first-order valence-electron chi connectivity index (χ1n) is 13.9. The largest absolute Gasteiger partial charge is 0.481 e. The molecule has 4 rings (SSSR count). The number of ketones is 1. The van der Waals surface area contributed by atoms with E-state index < -0.39 is 59.2 Å². The predicted octanol–water partition coefficient (Wildman–Crippen LogP) is 1.86. The Bertz CT molecular complexity index is 1700. The van der Waals surface area contributed by atoms with Gasteiger partial charge in [0.2, 0.25) is 5.91 Å². The maximum Gasteiger partial charge on any atom is 0.360 e. The topological polar surface area (TPSA) is 228 Å². The Morgan fingerprint density at radius 1 is 0.935 bits per heavy atom. The van der Waals surface area contributed by atoms with Crippen LogP contribution in [0.3, 0.4) is 0 Å². The number of carboxylic acids is 2. The standard InChI is InChI=1S/C32H32N6O8/c1-19(39)32(29(44)45,37(23-11-7-4-8-12-23)27(42)24(33)17-25(40)41)38-28(43)31(2,22-15-13-21(14-16-22)26(34)35)36(30(38)46)18-20-9-5-3-6-10-20/h3-16,24H,17-18,33H2,1-2H3,(H3,34,35)(H,40,41)(H,44,45)/t24-,31+,32-/m0/s1. The van der Waals surface area contributed by atoms with Gasteiger partial charge in [-0.3, -0.25) is 29.5 Å². The summed E-state index contributed by atoms with van der Waals surface area (Å²) < 4.78 is 0. The molecule has 46 heavy (non-hydrogen) atoms. The summed E-state index contributed by atoms with van der Waals surface area (Å²) in [6.45, 7) is 1.95. The van der Waals surface area contributed by atoms with Gasteiger partial charge < -0.3 is 26.6 Å². The molecule has 0 spiro atoms. The zero-order valence-electron chi connectivity index (χ0n) is 24.9. The van der Waals surface area contributed by atoms with Crippen LogP contribution < -0.4 is 16.4 Å². The van der Waals surface area contributed by atoms with Crippen molar-refractivity contribution in [3.05, 3.63) is 102 Å². The summed E-state index contributed by atoms with van der Waals surface area (Å²) in [5.41, 5.74) is 7.07. The van der Waals surface area contributed by atoms with Crippen molar-refractivity contribution in [3.8, 4) is 0 Å². The van der Waals surface area contributed by atoms with E-state index in [9.17, 15) is 39.0 Å². The number of urea groups is 1. The lowest BCUT2D eigenvalue weighted by molar-refractivity contribution is -0.162. The van der Waals surface area contributed by atoms with E-state index in [1.54, 1.807) is 30.3 Å². The van der Waals surface area contributed by atoms with Gasteiger partial charge in [0.25, 0.3) is 11.6 Å². The van der Waals surface area contributed by atoms with Crippen LogP contribution in [0.4, 0.5) is 10.5 Å². The van der Waals surface area contributed by atoms with Crippen molar-refractivity contribution in [3.63, 3.8) is 0 Å². The number of Topliss-reactive ketones (excluding diaryl/α,β-unsaturated/α-hetero) is 1. The summed E-state index contributed by atoms with van der Waals surface area (Å²) in [4.78, 5) is 83.6. The first-order valence-corrected chi connectivity index (χ1v) is 13.9. The molecule has 14 heteroatoms. The quantitative estimate of drug-likeness (QED) is 0.0846. The molecular formula is C32H32N6O8. The van der Waals surface area contributed by atoms with Crippen LogP contribution in [0.15, 0.2) is 84.9 Å². The Morgan fingerprint density at radius 2 is 1.48 bits per heavy atom. The van der Waals surface area contributed by atoms with Gasteiger partial charge in [0.15, 0.2) is 5.78 Å². The number of amides is 4. The van der Waals surface area contributed by atoms with E-state index in [-0.39, 0.29) is 28.5 Å². The molecule has 0 radical (unpaired) electrons. The number of amidine groups is 1. The molecule has 1 saturated heterocycles. The summed E-state index contributed by atoms with van der Waals surface area (Å²) in [5, 5.41) is 27.9. The number of para-hydroxylation sites is 1. The number of carboxylic acid groups (broad SMARTS) is 2. The molecule has 3 aromatic rings. The number of nitrogen functional groups attached to an aromatic ring is 1. The van der Waals surface area contributed by atoms with Crippen LogP contribution in [0.25, 0.3) is 0 Å². The normalized spacial score (nSPS) is 18.1. The number of nitrogens with zero attached hydrogens (tertiary/aromatic N) is 3. The Hall–Kier alpha value is -5.89. The van der Waals surface area contributed by atoms with Crippen molar-refractivity contribution >= 4 is 47.1 Å². The third kappa shape index (κ3) is 5.45. The van der Waals surface area contributed by atoms with Gasteiger partial charge in [0, 0.05) is 17.8 Å². The molecule has 0 saturated carbocycles. The number of hydrogen-bond donors (Lipinski definition) is 5. The van der Waals surface area contributed by atoms with Gasteiger partial charge in [-0.25, -0.2) is 14.5 Å². The van der Waals surface area contributed by atoms with Gasteiger partial charge >= 0.3 is 18.0 Å². The summed E-state index contributed by atoms with van der Waals surface area (Å²) in [7, 11) is 0. The molecule has 7 N–H and O–H groups in total. The molecule has 1 aliphatic rings. The molecule has 1 aliphatic heterocycles. The fourth-order valence-corrected chi connectivity index (χ4v) is 5.51. The highest BCUT2D eigenvalue weighted by Gasteiger charge is 2.69. The lowest BCUT2D eigenvalue weighted by Gasteiger charge is -2.43. The van der Waals surface area contributed by atoms with Crippen LogP contribution in [0.2, 0.25) is 0 Å². The lowest BCUT2D eigenvalue weighted by Crippen LogP contribution is -2.74. The smallest absolute Gasteiger partial charge is 0.360 e. The number of anilines is 1. The predicted molar refractivity (Wildman–Crippen MR) is 164 cm³/mol. The van der Waals surface area contributed by atoms with Crippen molar-refractivity contribution in [1.82, 2.24) is 9.80 Å². The lowest BCUT2D eigenvalue weighted by atomic mass is 9.88. The number of carbonyl (C=O) groups excluding carboxylic acids is 4. The van der Waals surface area contributed by atoms with Crippen LogP contribution in [0, 0.1) is 5.41 Å². The fraction of sp³-hybridized carbons (Fsp3) is 0.219. The Kier molecular flexibility index (Phi) is 9.05. The van der Waals surface area contributed by atoms with Crippen LogP contribution in [0.5, 0.6) is 0 Å². The molecule has 3 aromatic carbocycles. The first kappa shape index (κ1) is 33.0. The first-order chi connectivity index (χ1) is 21.7. The minimum atomic E-state index is -3.34. The van der Waals surface area contributed by atoms with E-state index in [0.717, 1.165) is 11.8 Å². The van der Waals surface area contributed by atoms with E-state index in [4.69, 9.17) is 16.9 Å². The minimum Gasteiger partial charge on any atom is -0.481 e. The Labute approximate surface area is 263 Å². The monoisotopic (exact) mass is 628 g/mol. The highest BCUT2D eigenvalue weighted by molar-refractivity contribution is 6.24. The van der Waals surface area contributed by atoms with E-state index in [1.807, 2.05) is 0 Å². The third-order valence-electron chi connectivity index (χ3n) is 7.91.